The molecule has 0 saturated heterocycles. The van der Waals surface area contributed by atoms with Gasteiger partial charge in [-0.1, -0.05) is 33.6 Å². The largest absolute Gasteiger partial charge is 0.271 e. The normalized spacial score (nSPS) is 12.4. The molecule has 5 heteroatoms. The molecule has 0 aromatic heterocycles. The zero-order chi connectivity index (χ0) is 14.7. The van der Waals surface area contributed by atoms with Gasteiger partial charge in [0.15, 0.2) is 0 Å². The average molecular weight is 341 g/mol. The lowest BCUT2D eigenvalue weighted by molar-refractivity contribution is 0.538. The van der Waals surface area contributed by atoms with E-state index in [0.717, 1.165) is 21.7 Å². The second kappa shape index (κ2) is 6.43. The second-order valence-electron chi connectivity index (χ2n) is 4.73. The Morgan fingerprint density at radius 1 is 1.15 bits per heavy atom. The lowest BCUT2D eigenvalue weighted by Crippen LogP contribution is -2.30. The van der Waals surface area contributed by atoms with Gasteiger partial charge in [0.05, 0.1) is 6.04 Å². The Kier molecular flexibility index (Phi) is 4.86. The van der Waals surface area contributed by atoms with Crippen molar-refractivity contribution in [1.82, 2.24) is 5.43 Å². The fourth-order valence-electron chi connectivity index (χ4n) is 2.15. The summed E-state index contributed by atoms with van der Waals surface area (Å²) >= 11 is 3.47. The van der Waals surface area contributed by atoms with Gasteiger partial charge in [0.2, 0.25) is 0 Å². The molecule has 0 spiro atoms. The summed E-state index contributed by atoms with van der Waals surface area (Å²) < 4.78 is 27.4. The van der Waals surface area contributed by atoms with E-state index in [1.54, 1.807) is 0 Å². The first kappa shape index (κ1) is 15.1. The van der Waals surface area contributed by atoms with Crippen LogP contribution in [0.25, 0.3) is 0 Å². The molecule has 106 valence electrons. The van der Waals surface area contributed by atoms with Gasteiger partial charge in [-0.25, -0.2) is 8.78 Å². The van der Waals surface area contributed by atoms with Crippen LogP contribution in [-0.2, 0) is 6.42 Å². The first-order valence-electron chi connectivity index (χ1n) is 6.16. The number of hydrogen-bond donors (Lipinski definition) is 2. The first-order chi connectivity index (χ1) is 9.49. The van der Waals surface area contributed by atoms with E-state index in [4.69, 9.17) is 5.84 Å². The van der Waals surface area contributed by atoms with Gasteiger partial charge >= 0.3 is 0 Å². The standard InChI is InChI=1S/C15H15BrF2N2/c1-9-2-3-14(16)13(4-9)15(20-19)7-10-5-11(17)8-12(18)6-10/h2-6,8,15,20H,7,19H2,1H3. The van der Waals surface area contributed by atoms with Gasteiger partial charge in [-0.15, -0.1) is 0 Å². The molecule has 2 rings (SSSR count). The highest BCUT2D eigenvalue weighted by Gasteiger charge is 2.15. The van der Waals surface area contributed by atoms with Crippen LogP contribution >= 0.6 is 15.9 Å². The van der Waals surface area contributed by atoms with Gasteiger partial charge in [0.1, 0.15) is 11.6 Å². The van der Waals surface area contributed by atoms with E-state index in [2.05, 4.69) is 21.4 Å². The Hall–Kier alpha value is -1.30. The number of rotatable bonds is 4. The highest BCUT2D eigenvalue weighted by atomic mass is 79.9. The molecule has 0 bridgehead atoms. The van der Waals surface area contributed by atoms with Crippen molar-refractivity contribution in [3.63, 3.8) is 0 Å². The molecule has 0 saturated carbocycles. The summed E-state index contributed by atoms with van der Waals surface area (Å²) in [4.78, 5) is 0. The van der Waals surface area contributed by atoms with Crippen LogP contribution in [0.1, 0.15) is 22.7 Å². The summed E-state index contributed by atoms with van der Waals surface area (Å²) in [7, 11) is 0. The summed E-state index contributed by atoms with van der Waals surface area (Å²) in [6.07, 6.45) is 0.396. The number of hydrazine groups is 1. The van der Waals surface area contributed by atoms with E-state index >= 15 is 0 Å². The highest BCUT2D eigenvalue weighted by Crippen LogP contribution is 2.27. The number of nitrogens with one attached hydrogen (secondary N) is 1. The fourth-order valence-corrected chi connectivity index (χ4v) is 2.68. The van der Waals surface area contributed by atoms with E-state index in [1.165, 1.54) is 12.1 Å². The molecule has 0 aliphatic rings. The van der Waals surface area contributed by atoms with Crippen LogP contribution in [0.3, 0.4) is 0 Å². The van der Waals surface area contributed by atoms with Crippen molar-refractivity contribution >= 4 is 15.9 Å². The van der Waals surface area contributed by atoms with E-state index in [1.807, 2.05) is 25.1 Å². The average Bonchev–Trinajstić information content (AvgIpc) is 2.38. The Morgan fingerprint density at radius 2 is 1.80 bits per heavy atom. The molecule has 0 fully saturated rings. The Bertz CT molecular complexity index is 597. The van der Waals surface area contributed by atoms with Gasteiger partial charge in [-0.3, -0.25) is 11.3 Å². The molecule has 0 heterocycles. The van der Waals surface area contributed by atoms with Gasteiger partial charge < -0.3 is 0 Å². The van der Waals surface area contributed by atoms with Crippen LogP contribution in [0.2, 0.25) is 0 Å². The molecule has 0 aliphatic heterocycles. The summed E-state index contributed by atoms with van der Waals surface area (Å²) in [5, 5.41) is 0. The zero-order valence-electron chi connectivity index (χ0n) is 11.0. The lowest BCUT2D eigenvalue weighted by atomic mass is 9.98. The minimum atomic E-state index is -0.584. The van der Waals surface area contributed by atoms with Crippen LogP contribution in [0.4, 0.5) is 8.78 Å². The Labute approximate surface area is 125 Å². The van der Waals surface area contributed by atoms with Crippen molar-refractivity contribution in [2.45, 2.75) is 19.4 Å². The zero-order valence-corrected chi connectivity index (χ0v) is 12.5. The summed E-state index contributed by atoms with van der Waals surface area (Å²) in [6, 6.07) is 9.16. The van der Waals surface area contributed by atoms with Crippen molar-refractivity contribution in [1.29, 1.82) is 0 Å². The van der Waals surface area contributed by atoms with E-state index in [9.17, 15) is 8.78 Å². The van der Waals surface area contributed by atoms with Crippen molar-refractivity contribution in [2.75, 3.05) is 0 Å². The maximum absolute atomic E-state index is 13.2. The molecule has 2 nitrogen and oxygen atoms in total. The highest BCUT2D eigenvalue weighted by molar-refractivity contribution is 9.10. The van der Waals surface area contributed by atoms with E-state index in [0.29, 0.717) is 12.0 Å². The maximum Gasteiger partial charge on any atom is 0.126 e. The molecule has 1 unspecified atom stereocenters. The van der Waals surface area contributed by atoms with E-state index < -0.39 is 11.6 Å². The molecule has 1 atom stereocenters. The fraction of sp³-hybridized carbons (Fsp3) is 0.200. The summed E-state index contributed by atoms with van der Waals surface area (Å²) in [5.41, 5.74) is 5.30. The number of halogens is 3. The molecule has 2 aromatic rings. The summed E-state index contributed by atoms with van der Waals surface area (Å²) in [6.45, 7) is 1.98. The third-order valence-corrected chi connectivity index (χ3v) is 3.81. The summed E-state index contributed by atoms with van der Waals surface area (Å²) in [5.74, 6) is 4.42. The van der Waals surface area contributed by atoms with Crippen molar-refractivity contribution < 1.29 is 8.78 Å². The monoisotopic (exact) mass is 340 g/mol. The molecular weight excluding hydrogens is 326 g/mol. The molecule has 3 N–H and O–H groups in total. The molecular formula is C15H15BrF2N2. The number of benzene rings is 2. The molecule has 0 aliphatic carbocycles. The second-order valence-corrected chi connectivity index (χ2v) is 5.58. The molecule has 2 aromatic carbocycles. The predicted molar refractivity (Wildman–Crippen MR) is 79.0 cm³/mol. The number of aryl methyl sites for hydroxylation is 1. The van der Waals surface area contributed by atoms with Crippen LogP contribution in [-0.4, -0.2) is 0 Å². The number of hydrogen-bond acceptors (Lipinski definition) is 2. The van der Waals surface area contributed by atoms with Crippen LogP contribution in [0.15, 0.2) is 40.9 Å². The molecule has 0 amide bonds. The van der Waals surface area contributed by atoms with Crippen LogP contribution < -0.4 is 11.3 Å². The van der Waals surface area contributed by atoms with E-state index in [-0.39, 0.29) is 6.04 Å². The van der Waals surface area contributed by atoms with Gasteiger partial charge in [-0.2, -0.15) is 0 Å². The maximum atomic E-state index is 13.2. The minimum absolute atomic E-state index is 0.231. The van der Waals surface area contributed by atoms with Crippen LogP contribution in [0, 0.1) is 18.6 Å². The van der Waals surface area contributed by atoms with Crippen molar-refractivity contribution in [3.05, 3.63) is 69.2 Å². The first-order valence-corrected chi connectivity index (χ1v) is 6.96. The molecule has 0 radical (unpaired) electrons. The van der Waals surface area contributed by atoms with Gasteiger partial charge in [0.25, 0.3) is 0 Å². The quantitative estimate of drug-likeness (QED) is 0.656. The lowest BCUT2D eigenvalue weighted by Gasteiger charge is -2.18. The van der Waals surface area contributed by atoms with Crippen molar-refractivity contribution in [2.24, 2.45) is 5.84 Å². The van der Waals surface area contributed by atoms with Crippen molar-refractivity contribution in [3.8, 4) is 0 Å². The minimum Gasteiger partial charge on any atom is -0.271 e. The SMILES string of the molecule is Cc1ccc(Br)c(C(Cc2cc(F)cc(F)c2)NN)c1. The third kappa shape index (κ3) is 3.62. The third-order valence-electron chi connectivity index (χ3n) is 3.09. The molecule has 20 heavy (non-hydrogen) atoms. The van der Waals surface area contributed by atoms with Crippen LogP contribution in [0.5, 0.6) is 0 Å². The predicted octanol–water partition coefficient (Wildman–Crippen LogP) is 3.78. The smallest absolute Gasteiger partial charge is 0.126 e. The topological polar surface area (TPSA) is 38.0 Å². The Balaban J connectivity index is 2.31. The van der Waals surface area contributed by atoms with Gasteiger partial charge in [0, 0.05) is 10.5 Å². The number of nitrogens with two attached hydrogens (primary N) is 1. The van der Waals surface area contributed by atoms with Gasteiger partial charge in [-0.05, 0) is 42.7 Å². The Morgan fingerprint density at radius 3 is 2.40 bits per heavy atom.